The summed E-state index contributed by atoms with van der Waals surface area (Å²) >= 11 is 0. The maximum atomic E-state index is 11.8. The van der Waals surface area contributed by atoms with Gasteiger partial charge in [0.1, 0.15) is 16.4 Å². The number of unbranched alkanes of at least 4 members (excludes halogenated alkanes) is 6. The highest BCUT2D eigenvalue weighted by Gasteiger charge is 2.20. The second-order valence-corrected chi connectivity index (χ2v) is 8.08. The first kappa shape index (κ1) is 21.3. The Hall–Kier alpha value is -2.05. The minimum Gasteiger partial charge on any atom is -0.508 e. The van der Waals surface area contributed by atoms with Gasteiger partial charge in [0.25, 0.3) is 10.1 Å². The fraction of sp³-hybridized carbons (Fsp3) is 0.429. The lowest BCUT2D eigenvalue weighted by Crippen LogP contribution is -2.03. The molecule has 2 N–H and O–H groups in total. The summed E-state index contributed by atoms with van der Waals surface area (Å²) in [6.45, 7) is 2.18. The molecule has 0 radical (unpaired) electrons. The first-order valence-corrected chi connectivity index (χ1v) is 10.9. The average molecular weight is 393 g/mol. The lowest BCUT2D eigenvalue weighted by Gasteiger charge is -2.13. The van der Waals surface area contributed by atoms with Crippen molar-refractivity contribution in [1.29, 1.82) is 0 Å². The molecule has 2 aromatic rings. The third-order valence-electron chi connectivity index (χ3n) is 4.44. The van der Waals surface area contributed by atoms with Gasteiger partial charge in [-0.05, 0) is 36.6 Å². The van der Waals surface area contributed by atoms with Crippen molar-refractivity contribution in [3.8, 4) is 17.2 Å². The van der Waals surface area contributed by atoms with E-state index in [1.807, 2.05) is 0 Å². The Kier molecular flexibility index (Phi) is 8.13. The molecule has 0 unspecified atom stereocenters. The Morgan fingerprint density at radius 2 is 1.56 bits per heavy atom. The molecule has 0 heterocycles. The molecule has 0 aliphatic heterocycles. The SMILES string of the molecule is CCCCCCCCCc1cc(S(=O)(=O)O)c(Oc2ccccc2)cc1O. The van der Waals surface area contributed by atoms with Crippen LogP contribution in [0.2, 0.25) is 0 Å². The quantitative estimate of drug-likeness (QED) is 0.377. The first-order chi connectivity index (χ1) is 12.9. The van der Waals surface area contributed by atoms with Crippen molar-refractivity contribution >= 4 is 10.1 Å². The highest BCUT2D eigenvalue weighted by Crippen LogP contribution is 2.35. The second kappa shape index (κ2) is 10.3. The smallest absolute Gasteiger partial charge is 0.298 e. The van der Waals surface area contributed by atoms with Crippen LogP contribution in [0.3, 0.4) is 0 Å². The van der Waals surface area contributed by atoms with Gasteiger partial charge in [0, 0.05) is 6.07 Å². The zero-order chi connectivity index (χ0) is 19.7. The van der Waals surface area contributed by atoms with Crippen LogP contribution in [-0.4, -0.2) is 18.1 Å². The highest BCUT2D eigenvalue weighted by molar-refractivity contribution is 7.86. The van der Waals surface area contributed by atoms with Gasteiger partial charge in [0.2, 0.25) is 0 Å². The minimum atomic E-state index is -4.47. The topological polar surface area (TPSA) is 83.8 Å². The van der Waals surface area contributed by atoms with E-state index in [1.165, 1.54) is 37.8 Å². The van der Waals surface area contributed by atoms with Gasteiger partial charge in [-0.2, -0.15) is 8.42 Å². The van der Waals surface area contributed by atoms with Gasteiger partial charge in [0.15, 0.2) is 5.75 Å². The maximum absolute atomic E-state index is 11.8. The van der Waals surface area contributed by atoms with E-state index in [-0.39, 0.29) is 16.4 Å². The summed E-state index contributed by atoms with van der Waals surface area (Å²) in [7, 11) is -4.47. The third-order valence-corrected chi connectivity index (χ3v) is 5.32. The van der Waals surface area contributed by atoms with Gasteiger partial charge in [-0.3, -0.25) is 4.55 Å². The van der Waals surface area contributed by atoms with Crippen molar-refractivity contribution in [2.45, 2.75) is 63.2 Å². The van der Waals surface area contributed by atoms with Crippen molar-refractivity contribution < 1.29 is 22.8 Å². The zero-order valence-corrected chi connectivity index (χ0v) is 16.5. The Labute approximate surface area is 161 Å². The molecule has 0 saturated heterocycles. The van der Waals surface area contributed by atoms with Gasteiger partial charge in [0.05, 0.1) is 0 Å². The number of phenols is 1. The molecule has 0 atom stereocenters. The highest BCUT2D eigenvalue weighted by atomic mass is 32.2. The molecular weight excluding hydrogens is 364 g/mol. The number of aryl methyl sites for hydroxylation is 1. The number of hydrogen-bond donors (Lipinski definition) is 2. The van der Waals surface area contributed by atoms with E-state index in [2.05, 4.69) is 6.92 Å². The number of aromatic hydroxyl groups is 1. The number of rotatable bonds is 11. The monoisotopic (exact) mass is 392 g/mol. The average Bonchev–Trinajstić information content (AvgIpc) is 2.62. The molecular formula is C21H28O5S. The number of para-hydroxylation sites is 1. The van der Waals surface area contributed by atoms with E-state index in [0.717, 1.165) is 19.3 Å². The molecule has 0 spiro atoms. The fourth-order valence-corrected chi connectivity index (χ4v) is 3.61. The molecule has 0 saturated carbocycles. The fourth-order valence-electron chi connectivity index (χ4n) is 2.96. The largest absolute Gasteiger partial charge is 0.508 e. The normalized spacial score (nSPS) is 11.5. The van der Waals surface area contributed by atoms with Crippen LogP contribution in [0.4, 0.5) is 0 Å². The Balaban J connectivity index is 2.09. The summed E-state index contributed by atoms with van der Waals surface area (Å²) in [6, 6.07) is 11.2. The molecule has 0 amide bonds. The summed E-state index contributed by atoms with van der Waals surface area (Å²) < 4.78 is 38.7. The van der Waals surface area contributed by atoms with E-state index in [1.54, 1.807) is 30.3 Å². The van der Waals surface area contributed by atoms with Crippen molar-refractivity contribution in [3.05, 3.63) is 48.0 Å². The predicted molar refractivity (Wildman–Crippen MR) is 106 cm³/mol. The van der Waals surface area contributed by atoms with Gasteiger partial charge in [-0.1, -0.05) is 63.6 Å². The predicted octanol–water partition coefficient (Wildman–Crippen LogP) is 5.72. The molecule has 27 heavy (non-hydrogen) atoms. The zero-order valence-electron chi connectivity index (χ0n) is 15.7. The molecule has 0 aliphatic rings. The van der Waals surface area contributed by atoms with Crippen LogP contribution < -0.4 is 4.74 Å². The Bertz CT molecular complexity index is 816. The molecule has 0 aromatic heterocycles. The summed E-state index contributed by atoms with van der Waals surface area (Å²) in [5.41, 5.74) is 0.497. The standard InChI is InChI=1S/C21H28O5S/c1-2-3-4-5-6-7-9-12-17-15-21(27(23,24)25)20(16-19(17)22)26-18-13-10-8-11-14-18/h8,10-11,13-16,22H,2-7,9,12H2,1H3,(H,23,24,25). The third kappa shape index (κ3) is 6.88. The lowest BCUT2D eigenvalue weighted by molar-refractivity contribution is 0.433. The molecule has 0 bridgehead atoms. The van der Waals surface area contributed by atoms with Crippen molar-refractivity contribution in [3.63, 3.8) is 0 Å². The van der Waals surface area contributed by atoms with E-state index >= 15 is 0 Å². The van der Waals surface area contributed by atoms with Crippen LogP contribution in [0.25, 0.3) is 0 Å². The first-order valence-electron chi connectivity index (χ1n) is 9.48. The molecule has 6 heteroatoms. The minimum absolute atomic E-state index is 0.0284. The molecule has 5 nitrogen and oxygen atoms in total. The van der Waals surface area contributed by atoms with Crippen LogP contribution in [-0.2, 0) is 16.5 Å². The molecule has 2 aromatic carbocycles. The van der Waals surface area contributed by atoms with Crippen molar-refractivity contribution in [2.24, 2.45) is 0 Å². The van der Waals surface area contributed by atoms with E-state index in [9.17, 15) is 18.1 Å². The Morgan fingerprint density at radius 1 is 0.926 bits per heavy atom. The summed E-state index contributed by atoms with van der Waals surface area (Å²) in [5, 5.41) is 10.3. The lowest BCUT2D eigenvalue weighted by atomic mass is 10.0. The van der Waals surface area contributed by atoms with E-state index in [0.29, 0.717) is 17.7 Å². The summed E-state index contributed by atoms with van der Waals surface area (Å²) in [5.74, 6) is 0.297. The molecule has 0 aliphatic carbocycles. The van der Waals surface area contributed by atoms with Gasteiger partial charge in [-0.25, -0.2) is 0 Å². The maximum Gasteiger partial charge on any atom is 0.298 e. The van der Waals surface area contributed by atoms with Gasteiger partial charge < -0.3 is 9.84 Å². The van der Waals surface area contributed by atoms with Gasteiger partial charge >= 0.3 is 0 Å². The van der Waals surface area contributed by atoms with Gasteiger partial charge in [-0.15, -0.1) is 0 Å². The van der Waals surface area contributed by atoms with Crippen LogP contribution in [0.5, 0.6) is 17.2 Å². The summed E-state index contributed by atoms with van der Waals surface area (Å²) in [4.78, 5) is -0.331. The molecule has 0 fully saturated rings. The van der Waals surface area contributed by atoms with E-state index < -0.39 is 10.1 Å². The number of ether oxygens (including phenoxy) is 1. The van der Waals surface area contributed by atoms with Crippen molar-refractivity contribution in [2.75, 3.05) is 0 Å². The second-order valence-electron chi connectivity index (χ2n) is 6.69. The number of phenolic OH excluding ortho intramolecular Hbond substituents is 1. The summed E-state index contributed by atoms with van der Waals surface area (Å²) in [6.07, 6.45) is 8.44. The molecule has 148 valence electrons. The number of hydrogen-bond acceptors (Lipinski definition) is 4. The van der Waals surface area contributed by atoms with Crippen LogP contribution in [0.1, 0.15) is 57.4 Å². The van der Waals surface area contributed by atoms with Crippen molar-refractivity contribution in [1.82, 2.24) is 0 Å². The van der Waals surface area contributed by atoms with Crippen LogP contribution >= 0.6 is 0 Å². The molecule has 2 rings (SSSR count). The van der Waals surface area contributed by atoms with Crippen LogP contribution in [0, 0.1) is 0 Å². The Morgan fingerprint density at radius 3 is 2.19 bits per heavy atom. The van der Waals surface area contributed by atoms with E-state index in [4.69, 9.17) is 4.74 Å². The number of benzene rings is 2. The van der Waals surface area contributed by atoms with Crippen LogP contribution in [0.15, 0.2) is 47.4 Å².